The van der Waals surface area contributed by atoms with Crippen molar-refractivity contribution in [2.24, 2.45) is 7.05 Å². The van der Waals surface area contributed by atoms with Gasteiger partial charge in [-0.25, -0.2) is 4.68 Å². The van der Waals surface area contributed by atoms with Crippen molar-refractivity contribution in [2.75, 3.05) is 5.32 Å². The fraction of sp³-hybridized carbons (Fsp3) is 0.278. The second kappa shape index (κ2) is 5.33. The molecule has 24 heavy (non-hydrogen) atoms. The summed E-state index contributed by atoms with van der Waals surface area (Å²) in [5, 5.41) is 11.9. The summed E-state index contributed by atoms with van der Waals surface area (Å²) in [6.07, 6.45) is 2.26. The van der Waals surface area contributed by atoms with Crippen LogP contribution in [0.15, 0.2) is 36.5 Å². The first kappa shape index (κ1) is 14.7. The largest absolute Gasteiger partial charge is 0.311 e. The Hall–Kier alpha value is -2.89. The lowest BCUT2D eigenvalue weighted by Crippen LogP contribution is -2.24. The maximum absolute atomic E-state index is 12.2. The van der Waals surface area contributed by atoms with E-state index in [-0.39, 0.29) is 11.8 Å². The number of fused-ring (bicyclic) bond motifs is 1. The minimum atomic E-state index is -0.0140. The van der Waals surface area contributed by atoms with Crippen molar-refractivity contribution in [1.82, 2.24) is 19.6 Å². The Bertz CT molecular complexity index is 923. The first-order valence-corrected chi connectivity index (χ1v) is 7.99. The zero-order chi connectivity index (χ0) is 16.8. The lowest BCUT2D eigenvalue weighted by molar-refractivity contribution is -0.116. The molecule has 6 heteroatoms. The summed E-state index contributed by atoms with van der Waals surface area (Å²) in [7, 11) is 1.84. The number of aromatic nitrogens is 4. The van der Waals surface area contributed by atoms with Gasteiger partial charge in [0.2, 0.25) is 5.91 Å². The van der Waals surface area contributed by atoms with Gasteiger partial charge in [-0.3, -0.25) is 9.48 Å². The highest BCUT2D eigenvalue weighted by molar-refractivity contribution is 5.94. The summed E-state index contributed by atoms with van der Waals surface area (Å²) in [6, 6.07) is 10.1. The van der Waals surface area contributed by atoms with Crippen LogP contribution in [-0.4, -0.2) is 25.5 Å². The van der Waals surface area contributed by atoms with Gasteiger partial charge < -0.3 is 5.32 Å². The molecule has 3 aromatic rings. The van der Waals surface area contributed by atoms with Gasteiger partial charge in [0, 0.05) is 36.2 Å². The Kier molecular flexibility index (Phi) is 3.26. The molecule has 0 fully saturated rings. The normalized spacial score (nSPS) is 16.8. The smallest absolute Gasteiger partial charge is 0.226 e. The Morgan fingerprint density at radius 3 is 2.71 bits per heavy atom. The Balaban J connectivity index is 1.86. The average molecular weight is 321 g/mol. The number of para-hydroxylation sites is 1. The van der Waals surface area contributed by atoms with Crippen molar-refractivity contribution in [3.8, 4) is 5.69 Å². The topological polar surface area (TPSA) is 64.7 Å². The third kappa shape index (κ3) is 2.14. The summed E-state index contributed by atoms with van der Waals surface area (Å²) in [6.45, 7) is 4.06. The zero-order valence-electron chi connectivity index (χ0n) is 13.9. The van der Waals surface area contributed by atoms with Crippen LogP contribution >= 0.6 is 0 Å². The molecule has 6 nitrogen and oxygen atoms in total. The Morgan fingerprint density at radius 1 is 1.21 bits per heavy atom. The van der Waals surface area contributed by atoms with Crippen LogP contribution in [0.5, 0.6) is 0 Å². The molecule has 0 unspecified atom stereocenters. The summed E-state index contributed by atoms with van der Waals surface area (Å²) >= 11 is 0. The van der Waals surface area contributed by atoms with Gasteiger partial charge in [0.25, 0.3) is 0 Å². The van der Waals surface area contributed by atoms with Gasteiger partial charge >= 0.3 is 0 Å². The van der Waals surface area contributed by atoms with E-state index in [1.807, 2.05) is 55.2 Å². The minimum absolute atomic E-state index is 0.0140. The number of anilines is 1. The van der Waals surface area contributed by atoms with Gasteiger partial charge in [-0.2, -0.15) is 10.2 Å². The van der Waals surface area contributed by atoms with Crippen LogP contribution in [-0.2, 0) is 11.8 Å². The molecule has 0 spiro atoms. The number of carbonyl (C=O) groups excluding carboxylic acids is 1. The highest BCUT2D eigenvalue weighted by Gasteiger charge is 2.33. The number of hydrogen-bond acceptors (Lipinski definition) is 3. The summed E-state index contributed by atoms with van der Waals surface area (Å²) < 4.78 is 3.67. The molecule has 0 aliphatic carbocycles. The van der Waals surface area contributed by atoms with Crippen LogP contribution in [0.1, 0.15) is 34.9 Å². The number of benzene rings is 1. The maximum Gasteiger partial charge on any atom is 0.226 e. The minimum Gasteiger partial charge on any atom is -0.311 e. The second-order valence-corrected chi connectivity index (χ2v) is 6.21. The maximum atomic E-state index is 12.2. The van der Waals surface area contributed by atoms with Crippen molar-refractivity contribution in [2.45, 2.75) is 26.2 Å². The van der Waals surface area contributed by atoms with Crippen LogP contribution in [0.3, 0.4) is 0 Å². The Labute approximate surface area is 140 Å². The van der Waals surface area contributed by atoms with Crippen molar-refractivity contribution in [3.63, 3.8) is 0 Å². The molecule has 2 aromatic heterocycles. The predicted octanol–water partition coefficient (Wildman–Crippen LogP) is 2.70. The molecule has 0 bridgehead atoms. The fourth-order valence-electron chi connectivity index (χ4n) is 3.58. The molecule has 1 atom stereocenters. The number of aryl methyl sites for hydroxylation is 2. The molecule has 3 heterocycles. The van der Waals surface area contributed by atoms with Crippen molar-refractivity contribution in [1.29, 1.82) is 0 Å². The van der Waals surface area contributed by atoms with Crippen LogP contribution in [0.4, 0.5) is 5.82 Å². The standard InChI is InChI=1S/C18H19N5O/c1-11-17(12(2)23(21-11)13-7-5-4-6-8-13)14-9-16(24)20-18-15(14)10-19-22(18)3/h4-8,10,14H,9H2,1-3H3,(H,20,24)/t14-/m0/s1. The molecular formula is C18H19N5O. The van der Waals surface area contributed by atoms with E-state index in [0.717, 1.165) is 34.0 Å². The van der Waals surface area contributed by atoms with Gasteiger partial charge in [-0.1, -0.05) is 18.2 Å². The summed E-state index contributed by atoms with van der Waals surface area (Å²) in [4.78, 5) is 12.2. The number of amides is 1. The second-order valence-electron chi connectivity index (χ2n) is 6.21. The summed E-state index contributed by atoms with van der Waals surface area (Å²) in [5.41, 5.74) is 5.20. The van der Waals surface area contributed by atoms with Crippen LogP contribution in [0.25, 0.3) is 5.69 Å². The van der Waals surface area contributed by atoms with E-state index in [9.17, 15) is 4.79 Å². The zero-order valence-corrected chi connectivity index (χ0v) is 13.9. The first-order valence-electron chi connectivity index (χ1n) is 7.99. The number of rotatable bonds is 2. The van der Waals surface area contributed by atoms with E-state index in [1.165, 1.54) is 0 Å². The summed E-state index contributed by atoms with van der Waals surface area (Å²) in [5.74, 6) is 0.782. The molecule has 4 rings (SSSR count). The first-order chi connectivity index (χ1) is 11.6. The highest BCUT2D eigenvalue weighted by Crippen LogP contribution is 2.39. The molecule has 0 saturated heterocycles. The number of nitrogens with one attached hydrogen (secondary N) is 1. The van der Waals surface area contributed by atoms with E-state index in [4.69, 9.17) is 5.10 Å². The SMILES string of the molecule is Cc1nn(-c2ccccc2)c(C)c1[C@H]1CC(=O)Nc2c1cnn2C. The van der Waals surface area contributed by atoms with Crippen LogP contribution < -0.4 is 5.32 Å². The van der Waals surface area contributed by atoms with Gasteiger partial charge in [0.05, 0.1) is 17.6 Å². The van der Waals surface area contributed by atoms with Gasteiger partial charge in [-0.15, -0.1) is 0 Å². The Morgan fingerprint density at radius 2 is 1.96 bits per heavy atom. The highest BCUT2D eigenvalue weighted by atomic mass is 16.1. The van der Waals surface area contributed by atoms with Crippen molar-refractivity contribution >= 4 is 11.7 Å². The lowest BCUT2D eigenvalue weighted by Gasteiger charge is -2.23. The number of nitrogens with zero attached hydrogens (tertiary/aromatic N) is 4. The van der Waals surface area contributed by atoms with Gasteiger partial charge in [0.15, 0.2) is 0 Å². The van der Waals surface area contributed by atoms with Crippen LogP contribution in [0, 0.1) is 13.8 Å². The molecule has 1 aromatic carbocycles. The van der Waals surface area contributed by atoms with E-state index < -0.39 is 0 Å². The molecule has 1 N–H and O–H groups in total. The third-order valence-electron chi connectivity index (χ3n) is 4.69. The lowest BCUT2D eigenvalue weighted by atomic mass is 9.86. The van der Waals surface area contributed by atoms with E-state index in [0.29, 0.717) is 6.42 Å². The quantitative estimate of drug-likeness (QED) is 0.789. The number of carbonyl (C=O) groups is 1. The molecule has 0 radical (unpaired) electrons. The molecular weight excluding hydrogens is 302 g/mol. The van der Waals surface area contributed by atoms with E-state index in [1.54, 1.807) is 4.68 Å². The molecule has 1 aliphatic heterocycles. The molecule has 1 amide bonds. The van der Waals surface area contributed by atoms with Crippen molar-refractivity contribution < 1.29 is 4.79 Å². The molecule has 1 aliphatic rings. The van der Waals surface area contributed by atoms with Crippen LogP contribution in [0.2, 0.25) is 0 Å². The van der Waals surface area contributed by atoms with Gasteiger partial charge in [0.1, 0.15) is 5.82 Å². The number of hydrogen-bond donors (Lipinski definition) is 1. The van der Waals surface area contributed by atoms with E-state index >= 15 is 0 Å². The average Bonchev–Trinajstić information content (AvgIpc) is 3.08. The fourth-order valence-corrected chi connectivity index (χ4v) is 3.58. The van der Waals surface area contributed by atoms with Gasteiger partial charge in [-0.05, 0) is 26.0 Å². The monoisotopic (exact) mass is 321 g/mol. The van der Waals surface area contributed by atoms with E-state index in [2.05, 4.69) is 17.3 Å². The predicted molar refractivity (Wildman–Crippen MR) is 91.3 cm³/mol. The van der Waals surface area contributed by atoms with Crippen molar-refractivity contribution in [3.05, 3.63) is 59.0 Å². The third-order valence-corrected chi connectivity index (χ3v) is 4.69. The molecule has 122 valence electrons. The molecule has 0 saturated carbocycles.